The summed E-state index contributed by atoms with van der Waals surface area (Å²) in [6.07, 6.45) is 0.0994. The fraction of sp³-hybridized carbons (Fsp3) is 0.667. The maximum Gasteiger partial charge on any atom is 0.333 e. The summed E-state index contributed by atoms with van der Waals surface area (Å²) in [5.74, 6) is -3.25. The molecule has 9 nitrogen and oxygen atoms in total. The molecule has 0 aliphatic carbocycles. The standard InChI is InChI=1S/C15H22N2O7/c1-4-9(2)14(15(22)23-3)16-10(18)5-8-13(21)24-17-11(19)6-7-12(17)20/h9,14H,4-8H2,1-3H3,(H,16,18)/t9-,14-/m0/s1. The van der Waals surface area contributed by atoms with Gasteiger partial charge in [-0.05, 0) is 5.92 Å². The molecule has 9 heteroatoms. The van der Waals surface area contributed by atoms with E-state index < -0.39 is 35.7 Å². The number of esters is 1. The van der Waals surface area contributed by atoms with E-state index in [1.165, 1.54) is 7.11 Å². The van der Waals surface area contributed by atoms with Crippen molar-refractivity contribution in [2.75, 3.05) is 7.11 Å². The number of methoxy groups -OCH3 is 1. The van der Waals surface area contributed by atoms with Crippen molar-refractivity contribution in [2.24, 2.45) is 5.92 Å². The summed E-state index contributed by atoms with van der Waals surface area (Å²) in [4.78, 5) is 62.5. The number of imide groups is 1. The molecule has 0 unspecified atom stereocenters. The number of nitrogens with one attached hydrogen (secondary N) is 1. The van der Waals surface area contributed by atoms with Gasteiger partial charge in [0.2, 0.25) is 5.91 Å². The molecule has 1 aliphatic rings. The molecule has 134 valence electrons. The first-order valence-corrected chi connectivity index (χ1v) is 7.73. The molecule has 0 aromatic heterocycles. The third-order valence-electron chi connectivity index (χ3n) is 3.74. The maximum absolute atomic E-state index is 11.9. The number of rotatable bonds is 8. The normalized spacial score (nSPS) is 16.5. The summed E-state index contributed by atoms with van der Waals surface area (Å²) >= 11 is 0. The highest BCUT2D eigenvalue weighted by Gasteiger charge is 2.33. The van der Waals surface area contributed by atoms with Crippen LogP contribution in [0.5, 0.6) is 0 Å². The lowest BCUT2D eigenvalue weighted by Crippen LogP contribution is -2.45. The van der Waals surface area contributed by atoms with Crippen molar-refractivity contribution in [3.8, 4) is 0 Å². The highest BCUT2D eigenvalue weighted by atomic mass is 16.7. The van der Waals surface area contributed by atoms with Gasteiger partial charge >= 0.3 is 11.9 Å². The Kier molecular flexibility index (Phi) is 7.34. The SMILES string of the molecule is CC[C@H](C)[C@H](NC(=O)CCC(=O)ON1C(=O)CCC1=O)C(=O)OC. The van der Waals surface area contributed by atoms with Crippen LogP contribution in [0, 0.1) is 5.92 Å². The third-order valence-corrected chi connectivity index (χ3v) is 3.74. The van der Waals surface area contributed by atoms with E-state index in [1.54, 1.807) is 6.92 Å². The van der Waals surface area contributed by atoms with E-state index in [9.17, 15) is 24.0 Å². The number of hydrogen-bond acceptors (Lipinski definition) is 7. The highest BCUT2D eigenvalue weighted by molar-refractivity contribution is 6.01. The molecule has 2 atom stereocenters. The van der Waals surface area contributed by atoms with Gasteiger partial charge in [-0.15, -0.1) is 5.06 Å². The molecule has 0 aromatic rings. The van der Waals surface area contributed by atoms with Gasteiger partial charge in [0.05, 0.1) is 13.5 Å². The van der Waals surface area contributed by atoms with Gasteiger partial charge in [0.15, 0.2) is 0 Å². The molecule has 1 heterocycles. The average Bonchev–Trinajstić information content (AvgIpc) is 2.88. The quantitative estimate of drug-likeness (QED) is 0.490. The third kappa shape index (κ3) is 5.32. The van der Waals surface area contributed by atoms with Gasteiger partial charge in [0.1, 0.15) is 6.04 Å². The van der Waals surface area contributed by atoms with Crippen molar-refractivity contribution in [1.82, 2.24) is 10.4 Å². The lowest BCUT2D eigenvalue weighted by Gasteiger charge is -2.21. The predicted octanol–water partition coefficient (Wildman–Crippen LogP) is 0.0777. The lowest BCUT2D eigenvalue weighted by atomic mass is 9.99. The number of hydrogen-bond donors (Lipinski definition) is 1. The number of carbonyl (C=O) groups excluding carboxylic acids is 5. The van der Waals surface area contributed by atoms with Crippen molar-refractivity contribution in [3.05, 3.63) is 0 Å². The highest BCUT2D eigenvalue weighted by Crippen LogP contribution is 2.13. The monoisotopic (exact) mass is 342 g/mol. The molecule has 24 heavy (non-hydrogen) atoms. The molecule has 0 bridgehead atoms. The zero-order valence-corrected chi connectivity index (χ0v) is 14.0. The van der Waals surface area contributed by atoms with Crippen LogP contribution in [0.1, 0.15) is 46.0 Å². The first-order chi connectivity index (χ1) is 11.3. The zero-order valence-electron chi connectivity index (χ0n) is 14.0. The van der Waals surface area contributed by atoms with Crippen molar-refractivity contribution in [1.29, 1.82) is 0 Å². The molecule has 1 aliphatic heterocycles. The van der Waals surface area contributed by atoms with E-state index in [4.69, 9.17) is 0 Å². The summed E-state index contributed by atoms with van der Waals surface area (Å²) in [6.45, 7) is 3.66. The summed E-state index contributed by atoms with van der Waals surface area (Å²) in [7, 11) is 1.23. The van der Waals surface area contributed by atoms with E-state index in [0.29, 0.717) is 11.5 Å². The van der Waals surface area contributed by atoms with Gasteiger partial charge in [-0.1, -0.05) is 20.3 Å². The summed E-state index contributed by atoms with van der Waals surface area (Å²) in [5, 5.41) is 2.94. The van der Waals surface area contributed by atoms with Gasteiger partial charge in [0, 0.05) is 19.3 Å². The van der Waals surface area contributed by atoms with Crippen LogP contribution in [-0.4, -0.2) is 47.9 Å². The van der Waals surface area contributed by atoms with Crippen molar-refractivity contribution < 1.29 is 33.5 Å². The van der Waals surface area contributed by atoms with Crippen LogP contribution in [0.15, 0.2) is 0 Å². The molecule has 1 fully saturated rings. The second kappa shape index (κ2) is 8.99. The number of carbonyl (C=O) groups is 5. The zero-order chi connectivity index (χ0) is 18.3. The van der Waals surface area contributed by atoms with Crippen molar-refractivity contribution in [2.45, 2.75) is 52.0 Å². The number of nitrogens with zero attached hydrogens (tertiary/aromatic N) is 1. The van der Waals surface area contributed by atoms with E-state index >= 15 is 0 Å². The van der Waals surface area contributed by atoms with Crippen LogP contribution >= 0.6 is 0 Å². The smallest absolute Gasteiger partial charge is 0.333 e. The first-order valence-electron chi connectivity index (χ1n) is 7.73. The fourth-order valence-corrected chi connectivity index (χ4v) is 2.06. The largest absolute Gasteiger partial charge is 0.467 e. The topological polar surface area (TPSA) is 119 Å². The van der Waals surface area contributed by atoms with Gasteiger partial charge in [-0.25, -0.2) is 9.59 Å². The van der Waals surface area contributed by atoms with Crippen LogP contribution in [0.3, 0.4) is 0 Å². The predicted molar refractivity (Wildman–Crippen MR) is 79.8 cm³/mol. The Morgan fingerprint density at radius 3 is 2.25 bits per heavy atom. The van der Waals surface area contributed by atoms with Crippen molar-refractivity contribution in [3.63, 3.8) is 0 Å². The summed E-state index contributed by atoms with van der Waals surface area (Å²) in [6, 6.07) is -0.801. The molecule has 0 saturated carbocycles. The second-order valence-electron chi connectivity index (χ2n) is 5.50. The Bertz CT molecular complexity index is 516. The Balaban J connectivity index is 2.46. The minimum atomic E-state index is -0.869. The number of ether oxygens (including phenoxy) is 1. The van der Waals surface area contributed by atoms with Gasteiger partial charge in [0.25, 0.3) is 11.8 Å². The van der Waals surface area contributed by atoms with Gasteiger partial charge in [-0.3, -0.25) is 14.4 Å². The molecule has 3 amide bonds. The van der Waals surface area contributed by atoms with Crippen LogP contribution in [0.4, 0.5) is 0 Å². The maximum atomic E-state index is 11.9. The Labute approximate surface area is 139 Å². The Hall–Kier alpha value is -2.45. The van der Waals surface area contributed by atoms with E-state index in [-0.39, 0.29) is 31.6 Å². The summed E-state index contributed by atoms with van der Waals surface area (Å²) < 4.78 is 4.65. The molecule has 0 radical (unpaired) electrons. The Morgan fingerprint density at radius 1 is 1.17 bits per heavy atom. The minimum Gasteiger partial charge on any atom is -0.467 e. The van der Waals surface area contributed by atoms with Crippen LogP contribution in [-0.2, 0) is 33.5 Å². The molecule has 1 saturated heterocycles. The first kappa shape index (κ1) is 19.6. The van der Waals surface area contributed by atoms with Crippen LogP contribution in [0.2, 0.25) is 0 Å². The van der Waals surface area contributed by atoms with E-state index in [1.807, 2.05) is 6.92 Å². The van der Waals surface area contributed by atoms with Crippen molar-refractivity contribution >= 4 is 29.7 Å². The number of amides is 3. The molecule has 0 aromatic carbocycles. The van der Waals surface area contributed by atoms with Gasteiger partial charge < -0.3 is 14.9 Å². The molecular weight excluding hydrogens is 320 g/mol. The molecular formula is C15H22N2O7. The molecule has 1 rings (SSSR count). The van der Waals surface area contributed by atoms with Crippen LogP contribution in [0.25, 0.3) is 0 Å². The molecule has 0 spiro atoms. The lowest BCUT2D eigenvalue weighted by molar-refractivity contribution is -0.197. The van der Waals surface area contributed by atoms with E-state index in [0.717, 1.165) is 0 Å². The summed E-state index contributed by atoms with van der Waals surface area (Å²) in [5.41, 5.74) is 0. The second-order valence-corrected chi connectivity index (χ2v) is 5.50. The van der Waals surface area contributed by atoms with Crippen LogP contribution < -0.4 is 5.32 Å². The number of hydroxylamine groups is 2. The van der Waals surface area contributed by atoms with Gasteiger partial charge in [-0.2, -0.15) is 0 Å². The Morgan fingerprint density at radius 2 is 1.75 bits per heavy atom. The van der Waals surface area contributed by atoms with E-state index in [2.05, 4.69) is 14.9 Å². The average molecular weight is 342 g/mol. The fourth-order valence-electron chi connectivity index (χ4n) is 2.06. The minimum absolute atomic E-state index is 0.00230. The molecule has 1 N–H and O–H groups in total.